The normalized spacial score (nSPS) is 10.4. The first-order valence-corrected chi connectivity index (χ1v) is 6.12. The molecule has 2 N–H and O–H groups in total. The smallest absolute Gasteiger partial charge is 0.0625 e. The van der Waals surface area contributed by atoms with E-state index in [-0.39, 0.29) is 0 Å². The number of aromatic nitrogens is 1. The van der Waals surface area contributed by atoms with Gasteiger partial charge in [-0.15, -0.1) is 0 Å². The molecule has 0 radical (unpaired) electrons. The van der Waals surface area contributed by atoms with E-state index in [0.29, 0.717) is 6.54 Å². The number of anilines is 1. The van der Waals surface area contributed by atoms with Crippen molar-refractivity contribution < 1.29 is 0 Å². The predicted molar refractivity (Wildman–Crippen MR) is 75.4 cm³/mol. The van der Waals surface area contributed by atoms with E-state index in [4.69, 9.17) is 5.73 Å². The van der Waals surface area contributed by atoms with Crippen LogP contribution in [0.5, 0.6) is 0 Å². The lowest BCUT2D eigenvalue weighted by Crippen LogP contribution is -2.20. The molecule has 0 amide bonds. The van der Waals surface area contributed by atoms with Gasteiger partial charge < -0.3 is 10.6 Å². The van der Waals surface area contributed by atoms with Crippen LogP contribution in [0, 0.1) is 6.92 Å². The summed E-state index contributed by atoms with van der Waals surface area (Å²) < 4.78 is 0. The highest BCUT2D eigenvalue weighted by Crippen LogP contribution is 2.20. The van der Waals surface area contributed by atoms with Crippen molar-refractivity contribution in [3.8, 4) is 0 Å². The SMILES string of the molecule is Cc1cccnc1CN(C)c1ccccc1CN. The van der Waals surface area contributed by atoms with Crippen molar-refractivity contribution in [1.82, 2.24) is 4.98 Å². The van der Waals surface area contributed by atoms with E-state index < -0.39 is 0 Å². The van der Waals surface area contributed by atoms with Gasteiger partial charge in [-0.1, -0.05) is 24.3 Å². The molecule has 0 saturated carbocycles. The average Bonchev–Trinajstić information content (AvgIpc) is 2.41. The molecule has 0 aliphatic rings. The number of aryl methyl sites for hydroxylation is 1. The van der Waals surface area contributed by atoms with Crippen LogP contribution in [0.3, 0.4) is 0 Å². The monoisotopic (exact) mass is 241 g/mol. The van der Waals surface area contributed by atoms with E-state index >= 15 is 0 Å². The standard InChI is InChI=1S/C15H19N3/c1-12-6-5-9-17-14(12)11-18(2)15-8-4-3-7-13(15)10-16/h3-9H,10-11,16H2,1-2H3. The highest BCUT2D eigenvalue weighted by molar-refractivity contribution is 5.53. The molecule has 0 saturated heterocycles. The minimum atomic E-state index is 0.557. The van der Waals surface area contributed by atoms with Crippen molar-refractivity contribution in [2.75, 3.05) is 11.9 Å². The maximum atomic E-state index is 5.77. The van der Waals surface area contributed by atoms with Crippen molar-refractivity contribution in [2.24, 2.45) is 5.73 Å². The van der Waals surface area contributed by atoms with Crippen LogP contribution in [0.2, 0.25) is 0 Å². The topological polar surface area (TPSA) is 42.2 Å². The fraction of sp³-hybridized carbons (Fsp3) is 0.267. The summed E-state index contributed by atoms with van der Waals surface area (Å²) in [6.45, 7) is 3.44. The van der Waals surface area contributed by atoms with Crippen LogP contribution in [0.25, 0.3) is 0 Å². The average molecular weight is 241 g/mol. The molecular weight excluding hydrogens is 222 g/mol. The molecule has 0 unspecified atom stereocenters. The van der Waals surface area contributed by atoms with Gasteiger partial charge >= 0.3 is 0 Å². The first kappa shape index (κ1) is 12.6. The minimum absolute atomic E-state index is 0.557. The second-order valence-electron chi connectivity index (χ2n) is 4.46. The Balaban J connectivity index is 2.22. The summed E-state index contributed by atoms with van der Waals surface area (Å²) >= 11 is 0. The molecule has 0 atom stereocenters. The van der Waals surface area contributed by atoms with Crippen LogP contribution in [0.1, 0.15) is 16.8 Å². The number of para-hydroxylation sites is 1. The van der Waals surface area contributed by atoms with Gasteiger partial charge in [0.2, 0.25) is 0 Å². The molecule has 94 valence electrons. The number of hydrogen-bond donors (Lipinski definition) is 1. The van der Waals surface area contributed by atoms with E-state index in [1.165, 1.54) is 11.3 Å². The molecule has 2 aromatic rings. The molecule has 3 nitrogen and oxygen atoms in total. The fourth-order valence-electron chi connectivity index (χ4n) is 2.05. The Morgan fingerprint density at radius 2 is 1.94 bits per heavy atom. The molecule has 2 rings (SSSR count). The molecule has 0 bridgehead atoms. The van der Waals surface area contributed by atoms with E-state index in [9.17, 15) is 0 Å². The van der Waals surface area contributed by atoms with Gasteiger partial charge in [0.05, 0.1) is 12.2 Å². The Labute approximate surface area is 108 Å². The van der Waals surface area contributed by atoms with Gasteiger partial charge in [0.15, 0.2) is 0 Å². The van der Waals surface area contributed by atoms with E-state index in [2.05, 4.69) is 42.1 Å². The highest BCUT2D eigenvalue weighted by Gasteiger charge is 2.08. The summed E-state index contributed by atoms with van der Waals surface area (Å²) in [5.74, 6) is 0. The minimum Gasteiger partial charge on any atom is -0.368 e. The third kappa shape index (κ3) is 2.68. The molecule has 0 aliphatic heterocycles. The van der Waals surface area contributed by atoms with Crippen LogP contribution in [0.15, 0.2) is 42.6 Å². The second-order valence-corrected chi connectivity index (χ2v) is 4.46. The van der Waals surface area contributed by atoms with Crippen molar-refractivity contribution in [3.63, 3.8) is 0 Å². The summed E-state index contributed by atoms with van der Waals surface area (Å²) in [5, 5.41) is 0. The van der Waals surface area contributed by atoms with Crippen LogP contribution < -0.4 is 10.6 Å². The lowest BCUT2D eigenvalue weighted by molar-refractivity contribution is 0.862. The predicted octanol–water partition coefficient (Wildman–Crippen LogP) is 2.49. The Morgan fingerprint density at radius 3 is 2.67 bits per heavy atom. The van der Waals surface area contributed by atoms with Crippen molar-refractivity contribution in [1.29, 1.82) is 0 Å². The Bertz CT molecular complexity index is 523. The lowest BCUT2D eigenvalue weighted by atomic mass is 10.1. The van der Waals surface area contributed by atoms with E-state index in [1.54, 1.807) is 0 Å². The number of hydrogen-bond acceptors (Lipinski definition) is 3. The van der Waals surface area contributed by atoms with Gasteiger partial charge in [0, 0.05) is 25.5 Å². The Hall–Kier alpha value is -1.87. The largest absolute Gasteiger partial charge is 0.368 e. The molecule has 0 fully saturated rings. The fourth-order valence-corrected chi connectivity index (χ4v) is 2.05. The molecule has 0 spiro atoms. The van der Waals surface area contributed by atoms with Gasteiger partial charge in [-0.3, -0.25) is 4.98 Å². The summed E-state index contributed by atoms with van der Waals surface area (Å²) in [6.07, 6.45) is 1.84. The third-order valence-electron chi connectivity index (χ3n) is 3.13. The summed E-state index contributed by atoms with van der Waals surface area (Å²) in [7, 11) is 2.07. The van der Waals surface area contributed by atoms with Crippen molar-refractivity contribution >= 4 is 5.69 Å². The molecule has 0 aliphatic carbocycles. The summed E-state index contributed by atoms with van der Waals surface area (Å²) in [5.41, 5.74) is 10.4. The molecule has 3 heteroatoms. The first-order chi connectivity index (χ1) is 8.72. The number of nitrogens with two attached hydrogens (primary N) is 1. The highest BCUT2D eigenvalue weighted by atomic mass is 15.1. The summed E-state index contributed by atoms with van der Waals surface area (Å²) in [4.78, 5) is 6.62. The van der Waals surface area contributed by atoms with Crippen LogP contribution >= 0.6 is 0 Å². The first-order valence-electron chi connectivity index (χ1n) is 6.12. The Kier molecular flexibility index (Phi) is 3.95. The lowest BCUT2D eigenvalue weighted by Gasteiger charge is -2.22. The molecule has 1 aromatic carbocycles. The molecule has 1 heterocycles. The number of rotatable bonds is 4. The zero-order valence-corrected chi connectivity index (χ0v) is 10.9. The second kappa shape index (κ2) is 5.65. The molecule has 1 aromatic heterocycles. The van der Waals surface area contributed by atoms with Gasteiger partial charge in [-0.25, -0.2) is 0 Å². The molecular formula is C15H19N3. The summed E-state index contributed by atoms with van der Waals surface area (Å²) in [6, 6.07) is 12.3. The van der Waals surface area contributed by atoms with Crippen LogP contribution in [0.4, 0.5) is 5.69 Å². The number of benzene rings is 1. The number of pyridine rings is 1. The molecule has 18 heavy (non-hydrogen) atoms. The van der Waals surface area contributed by atoms with Crippen molar-refractivity contribution in [3.05, 3.63) is 59.4 Å². The van der Waals surface area contributed by atoms with Gasteiger partial charge in [0.25, 0.3) is 0 Å². The quantitative estimate of drug-likeness (QED) is 0.894. The van der Waals surface area contributed by atoms with Crippen LogP contribution in [-0.4, -0.2) is 12.0 Å². The maximum absolute atomic E-state index is 5.77. The van der Waals surface area contributed by atoms with E-state index in [0.717, 1.165) is 17.8 Å². The third-order valence-corrected chi connectivity index (χ3v) is 3.13. The Morgan fingerprint density at radius 1 is 1.17 bits per heavy atom. The van der Waals surface area contributed by atoms with Gasteiger partial charge in [-0.2, -0.15) is 0 Å². The zero-order valence-electron chi connectivity index (χ0n) is 10.9. The van der Waals surface area contributed by atoms with Gasteiger partial charge in [-0.05, 0) is 30.2 Å². The van der Waals surface area contributed by atoms with E-state index in [1.807, 2.05) is 24.4 Å². The van der Waals surface area contributed by atoms with Gasteiger partial charge in [0.1, 0.15) is 0 Å². The van der Waals surface area contributed by atoms with Crippen LogP contribution in [-0.2, 0) is 13.1 Å². The maximum Gasteiger partial charge on any atom is 0.0625 e. The number of nitrogens with zero attached hydrogens (tertiary/aromatic N) is 2. The van der Waals surface area contributed by atoms with Crippen molar-refractivity contribution in [2.45, 2.75) is 20.0 Å². The zero-order chi connectivity index (χ0) is 13.0.